The molecule has 17 heavy (non-hydrogen) atoms. The molecule has 2 unspecified atom stereocenters. The minimum Gasteiger partial charge on any atom is -0.353 e. The minimum atomic E-state index is 0.224. The van der Waals surface area contributed by atoms with Crippen molar-refractivity contribution < 1.29 is 4.79 Å². The third kappa shape index (κ3) is 2.66. The molecule has 1 saturated heterocycles. The SMILES string of the molecule is CC(C)CC1NC(=O)CC1(C)C1CCCCC1. The van der Waals surface area contributed by atoms with Gasteiger partial charge in [0.05, 0.1) is 0 Å². The van der Waals surface area contributed by atoms with Gasteiger partial charge in [0.1, 0.15) is 0 Å². The number of nitrogens with one attached hydrogen (secondary N) is 1. The van der Waals surface area contributed by atoms with Crippen molar-refractivity contribution >= 4 is 5.91 Å². The van der Waals surface area contributed by atoms with E-state index in [1.165, 1.54) is 32.1 Å². The second-order valence-electron chi connectivity index (χ2n) is 6.77. The van der Waals surface area contributed by atoms with Crippen molar-refractivity contribution in [3.8, 4) is 0 Å². The molecule has 0 spiro atoms. The monoisotopic (exact) mass is 237 g/mol. The highest BCUT2D eigenvalue weighted by Gasteiger charge is 2.48. The van der Waals surface area contributed by atoms with E-state index in [4.69, 9.17) is 0 Å². The minimum absolute atomic E-state index is 0.224. The summed E-state index contributed by atoms with van der Waals surface area (Å²) in [4.78, 5) is 11.8. The summed E-state index contributed by atoms with van der Waals surface area (Å²) in [7, 11) is 0. The smallest absolute Gasteiger partial charge is 0.220 e. The predicted octanol–water partition coefficient (Wildman–Crippen LogP) is 3.51. The van der Waals surface area contributed by atoms with Gasteiger partial charge in [0, 0.05) is 12.5 Å². The van der Waals surface area contributed by atoms with Crippen LogP contribution in [0.25, 0.3) is 0 Å². The van der Waals surface area contributed by atoms with Gasteiger partial charge in [-0.25, -0.2) is 0 Å². The molecule has 1 aliphatic heterocycles. The van der Waals surface area contributed by atoms with Gasteiger partial charge < -0.3 is 5.32 Å². The molecule has 2 atom stereocenters. The van der Waals surface area contributed by atoms with E-state index in [1.807, 2.05) is 0 Å². The molecule has 1 amide bonds. The zero-order chi connectivity index (χ0) is 12.5. The lowest BCUT2D eigenvalue weighted by Gasteiger charge is -2.41. The first-order chi connectivity index (χ1) is 8.02. The van der Waals surface area contributed by atoms with E-state index < -0.39 is 0 Å². The number of carbonyl (C=O) groups is 1. The maximum absolute atomic E-state index is 11.8. The Hall–Kier alpha value is -0.530. The molecule has 2 rings (SSSR count). The summed E-state index contributed by atoms with van der Waals surface area (Å²) in [6, 6.07) is 0.415. The fourth-order valence-electron chi connectivity index (χ4n) is 3.87. The molecule has 2 heteroatoms. The molecule has 1 aliphatic carbocycles. The lowest BCUT2D eigenvalue weighted by molar-refractivity contribution is -0.120. The Morgan fingerprint density at radius 1 is 1.29 bits per heavy atom. The van der Waals surface area contributed by atoms with Gasteiger partial charge in [-0.1, -0.05) is 40.0 Å². The van der Waals surface area contributed by atoms with Crippen molar-refractivity contribution in [1.82, 2.24) is 5.32 Å². The summed E-state index contributed by atoms with van der Waals surface area (Å²) >= 11 is 0. The van der Waals surface area contributed by atoms with Gasteiger partial charge in [-0.3, -0.25) is 4.79 Å². The molecule has 0 aromatic rings. The van der Waals surface area contributed by atoms with Crippen LogP contribution in [0.5, 0.6) is 0 Å². The standard InChI is InChI=1S/C15H27NO/c1-11(2)9-13-15(3,10-14(17)16-13)12-7-5-4-6-8-12/h11-13H,4-10H2,1-3H3,(H,16,17). The van der Waals surface area contributed by atoms with Crippen molar-refractivity contribution in [3.63, 3.8) is 0 Å². The molecule has 2 nitrogen and oxygen atoms in total. The van der Waals surface area contributed by atoms with Crippen molar-refractivity contribution in [3.05, 3.63) is 0 Å². The number of hydrogen-bond donors (Lipinski definition) is 1. The number of hydrogen-bond acceptors (Lipinski definition) is 1. The number of carbonyl (C=O) groups excluding carboxylic acids is 1. The second-order valence-corrected chi connectivity index (χ2v) is 6.77. The van der Waals surface area contributed by atoms with Crippen LogP contribution in [0.3, 0.4) is 0 Å². The quantitative estimate of drug-likeness (QED) is 0.799. The maximum atomic E-state index is 11.8. The molecular formula is C15H27NO. The van der Waals surface area contributed by atoms with Gasteiger partial charge in [-0.15, -0.1) is 0 Å². The van der Waals surface area contributed by atoms with Gasteiger partial charge >= 0.3 is 0 Å². The first-order valence-corrected chi connectivity index (χ1v) is 7.31. The van der Waals surface area contributed by atoms with E-state index in [1.54, 1.807) is 0 Å². The second kappa shape index (κ2) is 4.99. The van der Waals surface area contributed by atoms with Crippen LogP contribution in [-0.4, -0.2) is 11.9 Å². The van der Waals surface area contributed by atoms with Crippen molar-refractivity contribution in [2.75, 3.05) is 0 Å². The number of rotatable bonds is 3. The summed E-state index contributed by atoms with van der Waals surface area (Å²) in [5.41, 5.74) is 0.224. The zero-order valence-electron chi connectivity index (χ0n) is 11.6. The molecule has 2 aliphatic rings. The average Bonchev–Trinajstić information content (AvgIpc) is 2.55. The van der Waals surface area contributed by atoms with E-state index in [-0.39, 0.29) is 11.3 Å². The third-order valence-corrected chi connectivity index (χ3v) is 4.92. The van der Waals surface area contributed by atoms with Crippen LogP contribution in [0, 0.1) is 17.3 Å². The van der Waals surface area contributed by atoms with E-state index in [2.05, 4.69) is 26.1 Å². The van der Waals surface area contributed by atoms with Gasteiger partial charge in [0.15, 0.2) is 0 Å². The molecular weight excluding hydrogens is 210 g/mol. The van der Waals surface area contributed by atoms with E-state index in [0.717, 1.165) is 18.8 Å². The van der Waals surface area contributed by atoms with Gasteiger partial charge in [-0.2, -0.15) is 0 Å². The van der Waals surface area contributed by atoms with Gasteiger partial charge in [0.25, 0.3) is 0 Å². The molecule has 98 valence electrons. The molecule has 1 N–H and O–H groups in total. The van der Waals surface area contributed by atoms with Crippen LogP contribution in [0.4, 0.5) is 0 Å². The van der Waals surface area contributed by atoms with Crippen LogP contribution in [-0.2, 0) is 4.79 Å². The van der Waals surface area contributed by atoms with E-state index >= 15 is 0 Å². The van der Waals surface area contributed by atoms with E-state index in [9.17, 15) is 4.79 Å². The summed E-state index contributed by atoms with van der Waals surface area (Å²) < 4.78 is 0. The molecule has 0 aromatic carbocycles. The summed E-state index contributed by atoms with van der Waals surface area (Å²) in [6.07, 6.45) is 8.68. The highest BCUT2D eigenvalue weighted by Crippen LogP contribution is 2.47. The fraction of sp³-hybridized carbons (Fsp3) is 0.933. The number of amides is 1. The Morgan fingerprint density at radius 2 is 1.94 bits per heavy atom. The van der Waals surface area contributed by atoms with Crippen LogP contribution < -0.4 is 5.32 Å². The summed E-state index contributed by atoms with van der Waals surface area (Å²) in [5, 5.41) is 3.23. The van der Waals surface area contributed by atoms with Crippen molar-refractivity contribution in [1.29, 1.82) is 0 Å². The molecule has 0 radical (unpaired) electrons. The first-order valence-electron chi connectivity index (χ1n) is 7.31. The fourth-order valence-corrected chi connectivity index (χ4v) is 3.87. The van der Waals surface area contributed by atoms with Crippen LogP contribution >= 0.6 is 0 Å². The molecule has 2 fully saturated rings. The maximum Gasteiger partial charge on any atom is 0.220 e. The Bertz CT molecular complexity index is 281. The van der Waals surface area contributed by atoms with Crippen molar-refractivity contribution in [2.24, 2.45) is 17.3 Å². The summed E-state index contributed by atoms with van der Waals surface area (Å²) in [6.45, 7) is 6.87. The van der Waals surface area contributed by atoms with Crippen LogP contribution in [0.2, 0.25) is 0 Å². The molecule has 0 bridgehead atoms. The van der Waals surface area contributed by atoms with Gasteiger partial charge in [0.2, 0.25) is 5.91 Å². The lowest BCUT2D eigenvalue weighted by atomic mass is 9.64. The first kappa shape index (κ1) is 12.9. The highest BCUT2D eigenvalue weighted by atomic mass is 16.2. The Balaban J connectivity index is 2.10. The zero-order valence-corrected chi connectivity index (χ0v) is 11.6. The third-order valence-electron chi connectivity index (χ3n) is 4.92. The van der Waals surface area contributed by atoms with Crippen LogP contribution in [0.1, 0.15) is 65.7 Å². The lowest BCUT2D eigenvalue weighted by Crippen LogP contribution is -2.41. The Kier molecular flexibility index (Phi) is 3.79. The van der Waals surface area contributed by atoms with Gasteiger partial charge in [-0.05, 0) is 36.5 Å². The summed E-state index contributed by atoms with van der Waals surface area (Å²) in [5.74, 6) is 1.71. The average molecular weight is 237 g/mol. The molecule has 1 heterocycles. The van der Waals surface area contributed by atoms with Crippen LogP contribution in [0.15, 0.2) is 0 Å². The Morgan fingerprint density at radius 3 is 2.53 bits per heavy atom. The highest BCUT2D eigenvalue weighted by molar-refractivity contribution is 5.80. The topological polar surface area (TPSA) is 29.1 Å². The van der Waals surface area contributed by atoms with Crippen molar-refractivity contribution in [2.45, 2.75) is 71.8 Å². The predicted molar refractivity (Wildman–Crippen MR) is 70.7 cm³/mol. The van der Waals surface area contributed by atoms with E-state index in [0.29, 0.717) is 12.0 Å². The Labute approximate surface area is 106 Å². The molecule has 0 aromatic heterocycles. The largest absolute Gasteiger partial charge is 0.353 e. The normalized spacial score (nSPS) is 35.3. The molecule has 1 saturated carbocycles.